The molecule has 5 aromatic carbocycles. The minimum absolute atomic E-state index is 0.240. The second-order valence-corrected chi connectivity index (χ2v) is 11.4. The number of nitrogens with zero attached hydrogens (tertiary/aromatic N) is 2. The van der Waals surface area contributed by atoms with E-state index in [0.717, 1.165) is 55.4 Å². The van der Waals surface area contributed by atoms with Crippen LogP contribution in [0.3, 0.4) is 0 Å². The van der Waals surface area contributed by atoms with Crippen molar-refractivity contribution in [3.8, 4) is 22.5 Å². The molecule has 2 N–H and O–H groups in total. The van der Waals surface area contributed by atoms with Gasteiger partial charge in [-0.25, -0.2) is 9.97 Å². The Kier molecular flexibility index (Phi) is 7.53. The molecule has 0 saturated heterocycles. The molecule has 0 radical (unpaired) electrons. The number of carbonyl (C=O) groups excluding carboxylic acids is 2. The predicted molar refractivity (Wildman–Crippen MR) is 186 cm³/mol. The second-order valence-electron chi connectivity index (χ2n) is 11.4. The van der Waals surface area contributed by atoms with Crippen molar-refractivity contribution in [2.24, 2.45) is 0 Å². The number of nitrogens with one attached hydrogen (secondary N) is 2. The zero-order valence-corrected chi connectivity index (χ0v) is 25.4. The van der Waals surface area contributed by atoms with Gasteiger partial charge in [-0.1, -0.05) is 96.1 Å². The molecule has 0 aliphatic heterocycles. The van der Waals surface area contributed by atoms with E-state index >= 15 is 0 Å². The maximum Gasteiger partial charge on any atom is 0.256 e. The van der Waals surface area contributed by atoms with E-state index in [0.29, 0.717) is 22.5 Å². The Morgan fingerprint density at radius 1 is 0.478 bits per heavy atom. The van der Waals surface area contributed by atoms with E-state index in [-0.39, 0.29) is 11.8 Å². The van der Waals surface area contributed by atoms with Crippen molar-refractivity contribution in [3.05, 3.63) is 156 Å². The molecule has 6 heteroatoms. The van der Waals surface area contributed by atoms with Crippen molar-refractivity contribution in [3.63, 3.8) is 0 Å². The smallest absolute Gasteiger partial charge is 0.256 e. The quantitative estimate of drug-likeness (QED) is 0.200. The van der Waals surface area contributed by atoms with E-state index in [1.165, 1.54) is 0 Å². The predicted octanol–water partition coefficient (Wildman–Crippen LogP) is 9.24. The molecule has 0 saturated carbocycles. The summed E-state index contributed by atoms with van der Waals surface area (Å²) < 4.78 is 0. The van der Waals surface area contributed by atoms with E-state index in [1.54, 1.807) is 24.3 Å². The van der Waals surface area contributed by atoms with Crippen LogP contribution >= 0.6 is 0 Å². The van der Waals surface area contributed by atoms with Gasteiger partial charge in [-0.15, -0.1) is 0 Å². The molecule has 0 unspecified atom stereocenters. The fraction of sp³-hybridized carbons (Fsp3) is 0.0500. The number of para-hydroxylation sites is 2. The van der Waals surface area contributed by atoms with Crippen LogP contribution in [-0.2, 0) is 0 Å². The van der Waals surface area contributed by atoms with Crippen LogP contribution in [0.4, 0.5) is 11.4 Å². The fourth-order valence-corrected chi connectivity index (χ4v) is 5.50. The molecule has 0 fully saturated rings. The summed E-state index contributed by atoms with van der Waals surface area (Å²) in [5.74, 6) is -0.480. The van der Waals surface area contributed by atoms with Gasteiger partial charge in [0, 0.05) is 33.3 Å². The lowest BCUT2D eigenvalue weighted by Crippen LogP contribution is -2.14. The van der Waals surface area contributed by atoms with Gasteiger partial charge in [0.2, 0.25) is 0 Å². The SMILES string of the molecule is Cc1ccc(-c2cc(C(=O)Nc3ccc(NC(=O)c4cc(-c5ccc(C)cc5)nc5ccccc45)cc3)c3ccccc3n2)cc1. The first kappa shape index (κ1) is 28.6. The number of rotatable bonds is 6. The highest BCUT2D eigenvalue weighted by atomic mass is 16.2. The van der Waals surface area contributed by atoms with Crippen molar-refractivity contribution >= 4 is 45.0 Å². The standard InChI is InChI=1S/C40H30N4O2/c1-25-11-15-27(16-12-25)37-23-33(31-7-3-5-9-35(31)43-37)39(45)41-29-19-21-30(22-20-29)42-40(46)34-24-38(28-17-13-26(2)14-18-28)44-36-10-6-4-8-32(34)36/h3-24H,1-2H3,(H,41,45)(H,42,46). The Bertz CT molecular complexity index is 2080. The van der Waals surface area contributed by atoms with E-state index in [2.05, 4.69) is 10.6 Å². The maximum atomic E-state index is 13.6. The van der Waals surface area contributed by atoms with Gasteiger partial charge in [-0.3, -0.25) is 9.59 Å². The third-order valence-electron chi connectivity index (χ3n) is 8.02. The van der Waals surface area contributed by atoms with Crippen LogP contribution in [0, 0.1) is 13.8 Å². The number of amides is 2. The maximum absolute atomic E-state index is 13.6. The van der Waals surface area contributed by atoms with Gasteiger partial charge in [-0.05, 0) is 62.4 Å². The zero-order chi connectivity index (χ0) is 31.6. The lowest BCUT2D eigenvalue weighted by atomic mass is 10.0. The van der Waals surface area contributed by atoms with Gasteiger partial charge in [0.15, 0.2) is 0 Å². The highest BCUT2D eigenvalue weighted by Crippen LogP contribution is 2.28. The van der Waals surface area contributed by atoms with Crippen molar-refractivity contribution < 1.29 is 9.59 Å². The van der Waals surface area contributed by atoms with Crippen LogP contribution in [0.2, 0.25) is 0 Å². The summed E-state index contributed by atoms with van der Waals surface area (Å²) in [7, 11) is 0. The van der Waals surface area contributed by atoms with E-state index in [1.807, 2.05) is 123 Å². The first-order chi connectivity index (χ1) is 22.4. The molecule has 0 aliphatic carbocycles. The molecule has 0 aliphatic rings. The first-order valence-electron chi connectivity index (χ1n) is 15.1. The van der Waals surface area contributed by atoms with E-state index < -0.39 is 0 Å². The monoisotopic (exact) mass is 598 g/mol. The average Bonchev–Trinajstić information content (AvgIpc) is 3.08. The number of pyridine rings is 2. The highest BCUT2D eigenvalue weighted by Gasteiger charge is 2.16. The van der Waals surface area contributed by atoms with Crippen molar-refractivity contribution in [1.82, 2.24) is 9.97 Å². The summed E-state index contributed by atoms with van der Waals surface area (Å²) in [6.45, 7) is 4.08. The van der Waals surface area contributed by atoms with Crippen LogP contribution in [0.15, 0.2) is 133 Å². The molecule has 7 aromatic rings. The van der Waals surface area contributed by atoms with Gasteiger partial charge >= 0.3 is 0 Å². The average molecular weight is 599 g/mol. The molecule has 6 nitrogen and oxygen atoms in total. The zero-order valence-electron chi connectivity index (χ0n) is 25.4. The van der Waals surface area contributed by atoms with Gasteiger partial charge in [0.25, 0.3) is 11.8 Å². The number of hydrogen-bond donors (Lipinski definition) is 2. The molecule has 2 heterocycles. The van der Waals surface area contributed by atoms with Crippen molar-refractivity contribution in [2.45, 2.75) is 13.8 Å². The fourth-order valence-electron chi connectivity index (χ4n) is 5.50. The number of anilines is 2. The number of fused-ring (bicyclic) bond motifs is 2. The minimum Gasteiger partial charge on any atom is -0.322 e. The van der Waals surface area contributed by atoms with Crippen molar-refractivity contribution in [1.29, 1.82) is 0 Å². The Balaban J connectivity index is 1.13. The summed E-state index contributed by atoms with van der Waals surface area (Å²) >= 11 is 0. The highest BCUT2D eigenvalue weighted by molar-refractivity contribution is 6.14. The normalized spacial score (nSPS) is 11.0. The van der Waals surface area contributed by atoms with Gasteiger partial charge in [0.05, 0.1) is 33.5 Å². The Morgan fingerprint density at radius 2 is 0.848 bits per heavy atom. The van der Waals surface area contributed by atoms with Crippen LogP contribution < -0.4 is 10.6 Å². The van der Waals surface area contributed by atoms with Gasteiger partial charge < -0.3 is 10.6 Å². The number of aromatic nitrogens is 2. The molecular formula is C40H30N4O2. The number of carbonyl (C=O) groups is 2. The summed E-state index contributed by atoms with van der Waals surface area (Å²) in [6.07, 6.45) is 0. The second kappa shape index (κ2) is 12.1. The third kappa shape index (κ3) is 5.84. The van der Waals surface area contributed by atoms with Crippen molar-refractivity contribution in [2.75, 3.05) is 10.6 Å². The summed E-state index contributed by atoms with van der Waals surface area (Å²) in [4.78, 5) is 36.8. The molecule has 0 spiro atoms. The molecule has 2 amide bonds. The Labute approximate surface area is 266 Å². The lowest BCUT2D eigenvalue weighted by Gasteiger charge is -2.12. The Morgan fingerprint density at radius 3 is 1.24 bits per heavy atom. The number of aryl methyl sites for hydroxylation is 2. The number of hydrogen-bond acceptors (Lipinski definition) is 4. The molecule has 0 bridgehead atoms. The van der Waals surface area contributed by atoms with Gasteiger partial charge in [-0.2, -0.15) is 0 Å². The Hall–Kier alpha value is -6.14. The summed E-state index contributed by atoms with van der Waals surface area (Å²) in [5.41, 5.74) is 9.44. The molecule has 2 aromatic heterocycles. The molecule has 0 atom stereocenters. The molecular weight excluding hydrogens is 568 g/mol. The first-order valence-corrected chi connectivity index (χ1v) is 15.1. The molecule has 7 rings (SSSR count). The summed E-state index contributed by atoms with van der Waals surface area (Å²) in [5, 5.41) is 7.58. The van der Waals surface area contributed by atoms with Crippen LogP contribution in [-0.4, -0.2) is 21.8 Å². The van der Waals surface area contributed by atoms with Gasteiger partial charge in [0.1, 0.15) is 0 Å². The topological polar surface area (TPSA) is 84.0 Å². The van der Waals surface area contributed by atoms with Crippen LogP contribution in [0.25, 0.3) is 44.3 Å². The van der Waals surface area contributed by atoms with Crippen LogP contribution in [0.5, 0.6) is 0 Å². The number of benzene rings is 5. The minimum atomic E-state index is -0.240. The van der Waals surface area contributed by atoms with E-state index in [4.69, 9.17) is 9.97 Å². The largest absolute Gasteiger partial charge is 0.322 e. The molecule has 46 heavy (non-hydrogen) atoms. The lowest BCUT2D eigenvalue weighted by molar-refractivity contribution is 0.102. The summed E-state index contributed by atoms with van der Waals surface area (Å²) in [6, 6.07) is 42.2. The third-order valence-corrected chi connectivity index (χ3v) is 8.02. The van der Waals surface area contributed by atoms with Crippen LogP contribution in [0.1, 0.15) is 31.8 Å². The molecule has 222 valence electrons. The van der Waals surface area contributed by atoms with E-state index in [9.17, 15) is 9.59 Å².